The summed E-state index contributed by atoms with van der Waals surface area (Å²) < 4.78 is 16.6. The molecule has 0 fully saturated rings. The number of carbonyl (C=O) groups is 2. The van der Waals surface area contributed by atoms with E-state index in [2.05, 4.69) is 4.99 Å². The monoisotopic (exact) mass is 494 g/mol. The predicted octanol–water partition coefficient (Wildman–Crippen LogP) is 4.93. The summed E-state index contributed by atoms with van der Waals surface area (Å²) >= 11 is 0. The van der Waals surface area contributed by atoms with Crippen LogP contribution in [0.4, 0.5) is 5.69 Å². The fourth-order valence-corrected chi connectivity index (χ4v) is 4.30. The Hall–Kier alpha value is -3.85. The number of methoxy groups -OCH3 is 1. The van der Waals surface area contributed by atoms with Gasteiger partial charge in [0.2, 0.25) is 0 Å². The van der Waals surface area contributed by atoms with Crippen LogP contribution in [0.5, 0.6) is 0 Å². The van der Waals surface area contributed by atoms with Gasteiger partial charge < -0.3 is 14.2 Å². The quantitative estimate of drug-likeness (QED) is 0.276. The average Bonchev–Trinajstić information content (AvgIpc) is 2.84. The maximum absolute atomic E-state index is 13.5. The van der Waals surface area contributed by atoms with E-state index in [-0.39, 0.29) is 17.9 Å². The highest BCUT2D eigenvalue weighted by Gasteiger charge is 2.43. The number of allylic oxidation sites excluding steroid dienone is 1. The van der Waals surface area contributed by atoms with Crippen LogP contribution in [-0.4, -0.2) is 42.4 Å². The first-order chi connectivity index (χ1) is 17.1. The lowest BCUT2D eigenvalue weighted by atomic mass is 9.75. The van der Waals surface area contributed by atoms with Crippen molar-refractivity contribution < 1.29 is 28.7 Å². The number of nitro groups is 1. The summed E-state index contributed by atoms with van der Waals surface area (Å²) in [7, 11) is 1.52. The van der Waals surface area contributed by atoms with Crippen LogP contribution >= 0.6 is 0 Å². The molecule has 0 N–H and O–H groups in total. The number of aliphatic imine (C=N–C) groups is 1. The van der Waals surface area contributed by atoms with E-state index in [0.29, 0.717) is 17.0 Å². The molecule has 3 rings (SSSR count). The highest BCUT2D eigenvalue weighted by molar-refractivity contribution is 6.07. The molecule has 2 unspecified atom stereocenters. The summed E-state index contributed by atoms with van der Waals surface area (Å²) in [6.07, 6.45) is -0.894. The van der Waals surface area contributed by atoms with E-state index in [1.807, 2.05) is 30.3 Å². The molecule has 3 atom stereocenters. The van der Waals surface area contributed by atoms with Gasteiger partial charge in [-0.3, -0.25) is 19.9 Å². The Morgan fingerprint density at radius 1 is 1.08 bits per heavy atom. The molecule has 0 aliphatic carbocycles. The Morgan fingerprint density at radius 3 is 2.39 bits per heavy atom. The van der Waals surface area contributed by atoms with Gasteiger partial charge in [-0.05, 0) is 38.8 Å². The minimum atomic E-state index is -0.951. The zero-order valence-corrected chi connectivity index (χ0v) is 21.0. The van der Waals surface area contributed by atoms with Crippen molar-refractivity contribution in [3.63, 3.8) is 0 Å². The largest absolute Gasteiger partial charge is 0.462 e. The zero-order valence-electron chi connectivity index (χ0n) is 21.0. The molecule has 0 spiro atoms. The van der Waals surface area contributed by atoms with Gasteiger partial charge in [0.25, 0.3) is 5.69 Å². The SMILES string of the molecule is CO[C@@H](COC(=O)C1=C(C)N=C(C)C(C(=O)OC(C)C)C1c1cccc([N+](=O)[O-])c1)c1ccccc1. The second-order valence-corrected chi connectivity index (χ2v) is 8.78. The summed E-state index contributed by atoms with van der Waals surface area (Å²) in [6, 6.07) is 15.2. The van der Waals surface area contributed by atoms with Crippen LogP contribution < -0.4 is 0 Å². The third kappa shape index (κ3) is 6.04. The van der Waals surface area contributed by atoms with Gasteiger partial charge in [0.15, 0.2) is 0 Å². The number of nitro benzene ring substituents is 1. The first-order valence-corrected chi connectivity index (χ1v) is 11.6. The summed E-state index contributed by atoms with van der Waals surface area (Å²) in [4.78, 5) is 42.0. The molecule has 36 heavy (non-hydrogen) atoms. The van der Waals surface area contributed by atoms with Gasteiger partial charge in [0.05, 0.1) is 16.6 Å². The Balaban J connectivity index is 2.01. The van der Waals surface area contributed by atoms with Crippen LogP contribution in [0, 0.1) is 16.0 Å². The van der Waals surface area contributed by atoms with Gasteiger partial charge in [-0.25, -0.2) is 4.79 Å². The number of nitrogens with zero attached hydrogens (tertiary/aromatic N) is 2. The van der Waals surface area contributed by atoms with E-state index >= 15 is 0 Å². The van der Waals surface area contributed by atoms with Gasteiger partial charge in [-0.15, -0.1) is 0 Å². The van der Waals surface area contributed by atoms with Gasteiger partial charge >= 0.3 is 11.9 Å². The first-order valence-electron chi connectivity index (χ1n) is 11.6. The van der Waals surface area contributed by atoms with Crippen molar-refractivity contribution in [2.24, 2.45) is 10.9 Å². The third-order valence-electron chi connectivity index (χ3n) is 5.92. The zero-order chi connectivity index (χ0) is 26.4. The topological polar surface area (TPSA) is 117 Å². The van der Waals surface area contributed by atoms with E-state index < -0.39 is 40.9 Å². The van der Waals surface area contributed by atoms with Gasteiger partial charge in [0, 0.05) is 36.6 Å². The second-order valence-electron chi connectivity index (χ2n) is 8.78. The number of rotatable bonds is 9. The van der Waals surface area contributed by atoms with Crippen molar-refractivity contribution in [2.45, 2.75) is 45.8 Å². The van der Waals surface area contributed by atoms with Crippen molar-refractivity contribution in [3.05, 3.63) is 87.1 Å². The Kier molecular flexibility index (Phi) is 8.71. The van der Waals surface area contributed by atoms with E-state index in [0.717, 1.165) is 5.56 Å². The predicted molar refractivity (Wildman–Crippen MR) is 134 cm³/mol. The number of esters is 2. The number of ether oxygens (including phenoxy) is 3. The second kappa shape index (κ2) is 11.7. The van der Waals surface area contributed by atoms with Crippen LogP contribution in [0.25, 0.3) is 0 Å². The summed E-state index contributed by atoms with van der Waals surface area (Å²) in [5, 5.41) is 11.5. The highest BCUT2D eigenvalue weighted by atomic mass is 16.6. The lowest BCUT2D eigenvalue weighted by Crippen LogP contribution is -2.37. The summed E-state index contributed by atoms with van der Waals surface area (Å²) in [5.74, 6) is -3.08. The van der Waals surface area contributed by atoms with Gasteiger partial charge in [-0.1, -0.05) is 42.5 Å². The van der Waals surface area contributed by atoms with E-state index in [9.17, 15) is 19.7 Å². The lowest BCUT2D eigenvalue weighted by molar-refractivity contribution is -0.384. The number of carbonyl (C=O) groups excluding carboxylic acids is 2. The minimum absolute atomic E-state index is 0.0679. The van der Waals surface area contributed by atoms with Crippen LogP contribution in [0.1, 0.15) is 50.8 Å². The fourth-order valence-electron chi connectivity index (χ4n) is 4.30. The maximum atomic E-state index is 13.5. The molecule has 9 nitrogen and oxygen atoms in total. The van der Waals surface area contributed by atoms with Crippen molar-refractivity contribution in [2.75, 3.05) is 13.7 Å². The van der Waals surface area contributed by atoms with Gasteiger partial charge in [-0.2, -0.15) is 0 Å². The Labute approximate surface area is 209 Å². The molecule has 1 heterocycles. The van der Waals surface area contributed by atoms with Crippen molar-refractivity contribution in [1.82, 2.24) is 0 Å². The summed E-state index contributed by atoms with van der Waals surface area (Å²) in [6.45, 7) is 6.71. The molecule has 0 aromatic heterocycles. The van der Waals surface area contributed by atoms with E-state index in [4.69, 9.17) is 14.2 Å². The number of hydrogen-bond donors (Lipinski definition) is 0. The molecular weight excluding hydrogens is 464 g/mol. The molecule has 1 aliphatic heterocycles. The molecule has 0 amide bonds. The molecule has 9 heteroatoms. The van der Waals surface area contributed by atoms with E-state index in [1.54, 1.807) is 33.8 Å². The standard InChI is InChI=1S/C27H30N2O7/c1-16(2)36-27(31)24-18(4)28-17(3)23(25(24)20-12-9-13-21(14-20)29(32)33)26(30)35-15-22(34-5)19-10-7-6-8-11-19/h6-14,16,22,24-25H,15H2,1-5H3/t22-,24?,25?/m0/s1. The molecule has 0 bridgehead atoms. The first kappa shape index (κ1) is 26.7. The van der Waals surface area contributed by atoms with Crippen molar-refractivity contribution in [1.29, 1.82) is 0 Å². The molecule has 0 saturated carbocycles. The van der Waals surface area contributed by atoms with Crippen LogP contribution in [0.15, 0.2) is 70.9 Å². The lowest BCUT2D eigenvalue weighted by Gasteiger charge is -2.32. The van der Waals surface area contributed by atoms with Crippen LogP contribution in [-0.2, 0) is 23.8 Å². The minimum Gasteiger partial charge on any atom is -0.462 e. The van der Waals surface area contributed by atoms with Crippen molar-refractivity contribution in [3.8, 4) is 0 Å². The molecule has 0 saturated heterocycles. The van der Waals surface area contributed by atoms with Crippen molar-refractivity contribution >= 4 is 23.3 Å². The average molecular weight is 495 g/mol. The number of hydrogen-bond acceptors (Lipinski definition) is 8. The smallest absolute Gasteiger partial charge is 0.336 e. The number of non-ortho nitro benzene ring substituents is 1. The third-order valence-corrected chi connectivity index (χ3v) is 5.92. The molecule has 1 aliphatic rings. The van der Waals surface area contributed by atoms with Crippen LogP contribution in [0.2, 0.25) is 0 Å². The Morgan fingerprint density at radius 2 is 1.78 bits per heavy atom. The number of benzene rings is 2. The molecule has 2 aromatic carbocycles. The summed E-state index contributed by atoms with van der Waals surface area (Å²) in [5.41, 5.74) is 2.07. The van der Waals surface area contributed by atoms with Crippen LogP contribution in [0.3, 0.4) is 0 Å². The fraction of sp³-hybridized carbons (Fsp3) is 0.370. The molecule has 190 valence electrons. The molecule has 0 radical (unpaired) electrons. The van der Waals surface area contributed by atoms with E-state index in [1.165, 1.54) is 25.3 Å². The molecular formula is C27H30N2O7. The van der Waals surface area contributed by atoms with Gasteiger partial charge in [0.1, 0.15) is 18.6 Å². The normalized spacial score (nSPS) is 18.4. The molecule has 2 aromatic rings. The Bertz CT molecular complexity index is 1190. The maximum Gasteiger partial charge on any atom is 0.336 e. The highest BCUT2D eigenvalue weighted by Crippen LogP contribution is 2.41.